The normalized spacial score (nSPS) is 10.9. The van der Waals surface area contributed by atoms with Gasteiger partial charge < -0.3 is 9.15 Å². The molecule has 0 saturated heterocycles. The minimum absolute atomic E-state index is 0.122. The molecule has 2 aromatic heterocycles. The standard InChI is InChI=1S/C21H17ClN4O3/c1-3-28-21(27)16-12-18(26(25-16)17-10-5-4-9-15(17)22)20-24-23-19(29-20)14-8-6-7-13(2)11-14/h4-12H,3H2,1-2H3. The number of aryl methyl sites for hydroxylation is 1. The molecule has 29 heavy (non-hydrogen) atoms. The predicted octanol–water partition coefficient (Wildman–Crippen LogP) is 4.73. The summed E-state index contributed by atoms with van der Waals surface area (Å²) in [6.45, 7) is 3.96. The van der Waals surface area contributed by atoms with E-state index in [-0.39, 0.29) is 18.2 Å². The molecule has 0 aliphatic heterocycles. The number of hydrogen-bond acceptors (Lipinski definition) is 6. The van der Waals surface area contributed by atoms with Gasteiger partial charge in [-0.3, -0.25) is 0 Å². The van der Waals surface area contributed by atoms with Gasteiger partial charge in [-0.15, -0.1) is 10.2 Å². The molecule has 0 fully saturated rings. The molecule has 0 atom stereocenters. The highest BCUT2D eigenvalue weighted by Gasteiger charge is 2.22. The van der Waals surface area contributed by atoms with E-state index in [9.17, 15) is 4.79 Å². The molecule has 0 bridgehead atoms. The largest absolute Gasteiger partial charge is 0.461 e. The van der Waals surface area contributed by atoms with Crippen LogP contribution in [0.2, 0.25) is 5.02 Å². The molecule has 2 heterocycles. The monoisotopic (exact) mass is 408 g/mol. The first-order valence-corrected chi connectivity index (χ1v) is 9.37. The Hall–Kier alpha value is -3.45. The number of aromatic nitrogens is 4. The fourth-order valence-electron chi connectivity index (χ4n) is 2.87. The van der Waals surface area contributed by atoms with Crippen LogP contribution >= 0.6 is 11.6 Å². The van der Waals surface area contributed by atoms with Crippen LogP contribution in [0.5, 0.6) is 0 Å². The van der Waals surface area contributed by atoms with E-state index in [0.717, 1.165) is 11.1 Å². The van der Waals surface area contributed by atoms with Crippen molar-refractivity contribution in [3.8, 4) is 28.7 Å². The third-order valence-electron chi connectivity index (χ3n) is 4.18. The van der Waals surface area contributed by atoms with Crippen molar-refractivity contribution in [1.29, 1.82) is 0 Å². The number of benzene rings is 2. The minimum Gasteiger partial charge on any atom is -0.461 e. The zero-order valence-electron chi connectivity index (χ0n) is 15.8. The zero-order chi connectivity index (χ0) is 20.4. The van der Waals surface area contributed by atoms with E-state index in [4.69, 9.17) is 20.8 Å². The fraction of sp³-hybridized carbons (Fsp3) is 0.143. The molecule has 146 valence electrons. The van der Waals surface area contributed by atoms with Crippen molar-refractivity contribution >= 4 is 17.6 Å². The van der Waals surface area contributed by atoms with Crippen LogP contribution in [0.25, 0.3) is 28.7 Å². The van der Waals surface area contributed by atoms with Crippen molar-refractivity contribution in [2.45, 2.75) is 13.8 Å². The van der Waals surface area contributed by atoms with E-state index < -0.39 is 5.97 Å². The van der Waals surface area contributed by atoms with Crippen molar-refractivity contribution < 1.29 is 13.9 Å². The Labute approximate surface area is 171 Å². The first-order valence-electron chi connectivity index (χ1n) is 9.00. The minimum atomic E-state index is -0.544. The van der Waals surface area contributed by atoms with Crippen molar-refractivity contribution in [3.05, 3.63) is 70.9 Å². The van der Waals surface area contributed by atoms with Crippen LogP contribution in [0.3, 0.4) is 0 Å². The number of hydrogen-bond donors (Lipinski definition) is 0. The van der Waals surface area contributed by atoms with E-state index in [2.05, 4.69) is 15.3 Å². The maximum Gasteiger partial charge on any atom is 0.358 e. The van der Waals surface area contributed by atoms with Crippen LogP contribution in [-0.4, -0.2) is 32.6 Å². The van der Waals surface area contributed by atoms with Crippen LogP contribution < -0.4 is 0 Å². The Morgan fingerprint density at radius 2 is 1.90 bits per heavy atom. The topological polar surface area (TPSA) is 83.0 Å². The summed E-state index contributed by atoms with van der Waals surface area (Å²) in [5, 5.41) is 13.1. The molecule has 4 rings (SSSR count). The maximum absolute atomic E-state index is 12.2. The summed E-state index contributed by atoms with van der Waals surface area (Å²) in [5.74, 6) is 0.0377. The number of rotatable bonds is 5. The number of carbonyl (C=O) groups is 1. The van der Waals surface area contributed by atoms with Crippen LogP contribution in [0, 0.1) is 6.92 Å². The predicted molar refractivity (Wildman–Crippen MR) is 108 cm³/mol. The highest BCUT2D eigenvalue weighted by molar-refractivity contribution is 6.32. The van der Waals surface area contributed by atoms with Gasteiger partial charge in [0.15, 0.2) is 5.69 Å². The Morgan fingerprint density at radius 3 is 2.66 bits per heavy atom. The number of para-hydroxylation sites is 1. The third kappa shape index (κ3) is 3.77. The van der Waals surface area contributed by atoms with E-state index in [1.165, 1.54) is 4.68 Å². The van der Waals surface area contributed by atoms with Gasteiger partial charge in [-0.1, -0.05) is 41.4 Å². The molecule has 0 aliphatic carbocycles. The van der Waals surface area contributed by atoms with E-state index in [0.29, 0.717) is 22.3 Å². The molecule has 0 aliphatic rings. The van der Waals surface area contributed by atoms with Gasteiger partial charge in [-0.2, -0.15) is 5.10 Å². The lowest BCUT2D eigenvalue weighted by molar-refractivity contribution is 0.0519. The Morgan fingerprint density at radius 1 is 1.10 bits per heavy atom. The Balaban J connectivity index is 1.82. The van der Waals surface area contributed by atoms with Crippen LogP contribution in [0.15, 0.2) is 59.0 Å². The first-order chi connectivity index (χ1) is 14.1. The second-order valence-corrected chi connectivity index (χ2v) is 6.69. The number of esters is 1. The summed E-state index contributed by atoms with van der Waals surface area (Å²) in [4.78, 5) is 12.2. The van der Waals surface area contributed by atoms with Gasteiger partial charge in [0.05, 0.1) is 17.3 Å². The SMILES string of the molecule is CCOC(=O)c1cc(-c2nnc(-c3cccc(C)c3)o2)n(-c2ccccc2Cl)n1. The molecule has 0 unspecified atom stereocenters. The van der Waals surface area contributed by atoms with Crippen LogP contribution in [0.4, 0.5) is 0 Å². The molecular formula is C21H17ClN4O3. The van der Waals surface area contributed by atoms with Gasteiger partial charge in [0, 0.05) is 11.6 Å². The first kappa shape index (κ1) is 18.9. The fourth-order valence-corrected chi connectivity index (χ4v) is 3.08. The summed E-state index contributed by atoms with van der Waals surface area (Å²) in [6.07, 6.45) is 0. The number of carbonyl (C=O) groups excluding carboxylic acids is 1. The highest BCUT2D eigenvalue weighted by Crippen LogP contribution is 2.29. The Bertz CT molecular complexity index is 1180. The van der Waals surface area contributed by atoms with Crippen molar-refractivity contribution in [2.24, 2.45) is 0 Å². The molecule has 0 radical (unpaired) electrons. The summed E-state index contributed by atoms with van der Waals surface area (Å²) >= 11 is 6.34. The lowest BCUT2D eigenvalue weighted by Crippen LogP contribution is -2.07. The lowest BCUT2D eigenvalue weighted by Gasteiger charge is -2.06. The van der Waals surface area contributed by atoms with Gasteiger partial charge in [0.1, 0.15) is 5.69 Å². The second kappa shape index (κ2) is 7.89. The van der Waals surface area contributed by atoms with Crippen molar-refractivity contribution in [2.75, 3.05) is 6.61 Å². The molecular weight excluding hydrogens is 392 g/mol. The average Bonchev–Trinajstić information content (AvgIpc) is 3.36. The summed E-state index contributed by atoms with van der Waals surface area (Å²) < 4.78 is 12.5. The van der Waals surface area contributed by atoms with Crippen molar-refractivity contribution in [1.82, 2.24) is 20.0 Å². The van der Waals surface area contributed by atoms with Gasteiger partial charge in [0.25, 0.3) is 5.89 Å². The average molecular weight is 409 g/mol. The lowest BCUT2D eigenvalue weighted by atomic mass is 10.1. The molecule has 7 nitrogen and oxygen atoms in total. The Kier molecular flexibility index (Phi) is 5.14. The molecule has 8 heteroatoms. The molecule has 0 spiro atoms. The molecule has 0 N–H and O–H groups in total. The highest BCUT2D eigenvalue weighted by atomic mass is 35.5. The van der Waals surface area contributed by atoms with Gasteiger partial charge in [-0.05, 0) is 38.1 Å². The van der Waals surface area contributed by atoms with Crippen LogP contribution in [0.1, 0.15) is 23.0 Å². The van der Waals surface area contributed by atoms with Crippen LogP contribution in [-0.2, 0) is 4.74 Å². The summed E-state index contributed by atoms with van der Waals surface area (Å²) in [7, 11) is 0. The third-order valence-corrected chi connectivity index (χ3v) is 4.50. The van der Waals surface area contributed by atoms with Gasteiger partial charge in [0.2, 0.25) is 5.89 Å². The molecule has 0 saturated carbocycles. The van der Waals surface area contributed by atoms with E-state index in [1.54, 1.807) is 25.1 Å². The molecule has 0 amide bonds. The van der Waals surface area contributed by atoms with E-state index >= 15 is 0 Å². The quantitative estimate of drug-likeness (QED) is 0.444. The smallest absolute Gasteiger partial charge is 0.358 e. The molecule has 4 aromatic rings. The van der Waals surface area contributed by atoms with Gasteiger partial charge in [-0.25, -0.2) is 9.48 Å². The van der Waals surface area contributed by atoms with Crippen molar-refractivity contribution in [3.63, 3.8) is 0 Å². The molecule has 2 aromatic carbocycles. The maximum atomic E-state index is 12.2. The second-order valence-electron chi connectivity index (χ2n) is 6.28. The number of ether oxygens (including phenoxy) is 1. The zero-order valence-corrected chi connectivity index (χ0v) is 16.6. The van der Waals surface area contributed by atoms with Gasteiger partial charge >= 0.3 is 5.97 Å². The summed E-state index contributed by atoms with van der Waals surface area (Å²) in [6, 6.07) is 16.4. The number of nitrogens with zero attached hydrogens (tertiary/aromatic N) is 4. The summed E-state index contributed by atoms with van der Waals surface area (Å²) in [5.41, 5.74) is 3.02. The van der Waals surface area contributed by atoms with E-state index in [1.807, 2.05) is 43.3 Å². The number of halogens is 1.